The number of pyridine rings is 3. The number of aromatic carboxylic acids is 1. The summed E-state index contributed by atoms with van der Waals surface area (Å²) in [5, 5.41) is 14.2. The molecule has 1 atom stereocenters. The van der Waals surface area contributed by atoms with E-state index in [1.54, 1.807) is 32.6 Å². The Balaban J connectivity index is 1.65. The first kappa shape index (κ1) is 26.7. The minimum absolute atomic E-state index is 0.0650. The van der Waals surface area contributed by atoms with Gasteiger partial charge < -0.3 is 34.5 Å². The summed E-state index contributed by atoms with van der Waals surface area (Å²) < 4.78 is 22.4. The van der Waals surface area contributed by atoms with Gasteiger partial charge in [0, 0.05) is 68.8 Å². The Morgan fingerprint density at radius 1 is 1.24 bits per heavy atom. The number of ether oxygens (including phenoxy) is 1. The second-order valence-electron chi connectivity index (χ2n) is 10.6. The number of anilines is 2. The highest BCUT2D eigenvalue weighted by atomic mass is 19.1. The third kappa shape index (κ3) is 4.54. The molecule has 0 amide bonds. The zero-order chi connectivity index (χ0) is 29.0. The van der Waals surface area contributed by atoms with Gasteiger partial charge in [-0.25, -0.2) is 19.2 Å². The Morgan fingerprint density at radius 3 is 2.78 bits per heavy atom. The number of fused-ring (bicyclic) bond motifs is 4. The number of benzene rings is 1. The van der Waals surface area contributed by atoms with Crippen molar-refractivity contribution in [2.75, 3.05) is 57.6 Å². The second kappa shape index (κ2) is 10.1. The van der Waals surface area contributed by atoms with Crippen LogP contribution in [0.4, 0.5) is 15.8 Å². The molecular formula is C29H30FN7O4. The molecule has 12 heteroatoms. The SMILES string of the molecule is CNc1cc(F)cc2c1[nH]c1ncc(-c3cnc4c(c3)c(=O)c(C(=O)O)cn4C)c(N3CCO[C@@H](CN(C)C)C3)c12. The summed E-state index contributed by atoms with van der Waals surface area (Å²) >= 11 is 0. The molecule has 1 saturated heterocycles. The van der Waals surface area contributed by atoms with Crippen molar-refractivity contribution in [2.45, 2.75) is 6.10 Å². The number of aromatic nitrogens is 4. The number of carbonyl (C=O) groups is 1. The number of carboxylic acids is 1. The second-order valence-corrected chi connectivity index (χ2v) is 10.6. The number of hydrogen-bond donors (Lipinski definition) is 3. The van der Waals surface area contributed by atoms with Crippen molar-refractivity contribution < 1.29 is 19.0 Å². The van der Waals surface area contributed by atoms with Gasteiger partial charge in [0.1, 0.15) is 22.7 Å². The zero-order valence-electron chi connectivity index (χ0n) is 23.2. The first-order valence-corrected chi connectivity index (χ1v) is 13.2. The van der Waals surface area contributed by atoms with Crippen LogP contribution in [0.15, 0.2) is 41.6 Å². The highest BCUT2D eigenvalue weighted by molar-refractivity contribution is 6.17. The van der Waals surface area contributed by atoms with E-state index in [1.807, 2.05) is 14.1 Å². The third-order valence-electron chi connectivity index (χ3n) is 7.51. The van der Waals surface area contributed by atoms with Gasteiger partial charge in [0.05, 0.1) is 40.4 Å². The lowest BCUT2D eigenvalue weighted by molar-refractivity contribution is 0.0249. The van der Waals surface area contributed by atoms with E-state index < -0.39 is 11.4 Å². The van der Waals surface area contributed by atoms with Crippen LogP contribution in [0, 0.1) is 5.82 Å². The molecule has 1 aliphatic heterocycles. The summed E-state index contributed by atoms with van der Waals surface area (Å²) in [5.41, 5.74) is 3.44. The molecule has 0 unspecified atom stereocenters. The summed E-state index contributed by atoms with van der Waals surface area (Å²) in [6.45, 7) is 2.39. The quantitative estimate of drug-likeness (QED) is 0.287. The molecule has 1 aromatic carbocycles. The molecule has 0 radical (unpaired) electrons. The number of aryl methyl sites for hydroxylation is 1. The largest absolute Gasteiger partial charge is 0.477 e. The lowest BCUT2D eigenvalue weighted by Crippen LogP contribution is -2.46. The number of nitrogens with zero attached hydrogens (tertiary/aromatic N) is 5. The molecule has 0 bridgehead atoms. The topological polar surface area (TPSA) is 129 Å². The average molecular weight is 560 g/mol. The van der Waals surface area contributed by atoms with Crippen LogP contribution in [-0.4, -0.2) is 89.0 Å². The molecular weight excluding hydrogens is 529 g/mol. The minimum atomic E-state index is -1.30. The number of H-pyrrole nitrogens is 1. The van der Waals surface area contributed by atoms with Crippen LogP contribution in [0.2, 0.25) is 0 Å². The maximum Gasteiger partial charge on any atom is 0.341 e. The summed E-state index contributed by atoms with van der Waals surface area (Å²) in [4.78, 5) is 41.8. The Bertz CT molecular complexity index is 1900. The monoisotopic (exact) mass is 559 g/mol. The highest BCUT2D eigenvalue weighted by Crippen LogP contribution is 2.42. The van der Waals surface area contributed by atoms with Crippen LogP contribution in [0.25, 0.3) is 44.1 Å². The van der Waals surface area contributed by atoms with Gasteiger partial charge in [-0.3, -0.25) is 4.79 Å². The van der Waals surface area contributed by atoms with Crippen LogP contribution in [0.1, 0.15) is 10.4 Å². The van der Waals surface area contributed by atoms with Crippen molar-refractivity contribution in [3.8, 4) is 11.1 Å². The van der Waals surface area contributed by atoms with Gasteiger partial charge in [0.25, 0.3) is 0 Å². The maximum absolute atomic E-state index is 14.8. The standard InChI is InChI=1S/C29H30FN7O4/c1-31-22-9-16(30)8-18-23-25(37-5-6-41-17(13-37)12-35(2)3)20(11-32-27(23)34-24(18)22)15-7-19-26(38)21(29(39)40)14-36(4)28(19)33-10-15/h7-11,14,17,31H,5-6,12-13H2,1-4H3,(H,32,34)(H,39,40)/t17-/m0/s1. The van der Waals surface area contributed by atoms with Crippen molar-refractivity contribution in [1.29, 1.82) is 0 Å². The number of rotatable bonds is 6. The predicted molar refractivity (Wildman–Crippen MR) is 157 cm³/mol. The van der Waals surface area contributed by atoms with Gasteiger partial charge in [0.15, 0.2) is 0 Å². The molecule has 5 aromatic rings. The Kier molecular flexibility index (Phi) is 6.59. The number of carboxylic acid groups (broad SMARTS) is 1. The van der Waals surface area contributed by atoms with E-state index in [0.29, 0.717) is 53.2 Å². The average Bonchev–Trinajstić information content (AvgIpc) is 3.32. The molecule has 5 heterocycles. The highest BCUT2D eigenvalue weighted by Gasteiger charge is 2.28. The first-order valence-electron chi connectivity index (χ1n) is 13.2. The Labute approximate surface area is 234 Å². The van der Waals surface area contributed by atoms with Gasteiger partial charge in [-0.05, 0) is 32.3 Å². The number of aromatic amines is 1. The van der Waals surface area contributed by atoms with E-state index in [4.69, 9.17) is 9.72 Å². The van der Waals surface area contributed by atoms with E-state index in [2.05, 4.69) is 25.1 Å². The van der Waals surface area contributed by atoms with Crippen LogP contribution in [0.3, 0.4) is 0 Å². The fourth-order valence-corrected chi connectivity index (χ4v) is 5.75. The van der Waals surface area contributed by atoms with Crippen LogP contribution < -0.4 is 15.6 Å². The fourth-order valence-electron chi connectivity index (χ4n) is 5.75. The fraction of sp³-hybridized carbons (Fsp3) is 0.310. The Hall–Kier alpha value is -4.55. The summed E-state index contributed by atoms with van der Waals surface area (Å²) in [7, 11) is 7.37. The summed E-state index contributed by atoms with van der Waals surface area (Å²) in [6, 6.07) is 4.59. The Morgan fingerprint density at radius 2 is 2.05 bits per heavy atom. The van der Waals surface area contributed by atoms with Crippen molar-refractivity contribution >= 4 is 50.3 Å². The molecule has 11 nitrogen and oxygen atoms in total. The van der Waals surface area contributed by atoms with Crippen molar-refractivity contribution in [3.63, 3.8) is 0 Å². The molecule has 1 fully saturated rings. The summed E-state index contributed by atoms with van der Waals surface area (Å²) in [6.07, 6.45) is 4.58. The predicted octanol–water partition coefficient (Wildman–Crippen LogP) is 3.28. The van der Waals surface area contributed by atoms with E-state index in [0.717, 1.165) is 23.1 Å². The van der Waals surface area contributed by atoms with E-state index >= 15 is 0 Å². The molecule has 212 valence electrons. The van der Waals surface area contributed by atoms with Crippen LogP contribution in [0.5, 0.6) is 0 Å². The van der Waals surface area contributed by atoms with Gasteiger partial charge in [-0.2, -0.15) is 0 Å². The van der Waals surface area contributed by atoms with Gasteiger partial charge in [-0.1, -0.05) is 0 Å². The van der Waals surface area contributed by atoms with Crippen molar-refractivity contribution in [1.82, 2.24) is 24.4 Å². The van der Waals surface area contributed by atoms with E-state index in [1.165, 1.54) is 22.9 Å². The molecule has 41 heavy (non-hydrogen) atoms. The number of morpholine rings is 1. The number of nitrogens with one attached hydrogen (secondary N) is 2. The lowest BCUT2D eigenvalue weighted by Gasteiger charge is -2.37. The van der Waals surface area contributed by atoms with Crippen molar-refractivity contribution in [2.24, 2.45) is 7.05 Å². The molecule has 0 aliphatic carbocycles. The summed E-state index contributed by atoms with van der Waals surface area (Å²) in [5.74, 6) is -1.69. The lowest BCUT2D eigenvalue weighted by atomic mass is 10.0. The van der Waals surface area contributed by atoms with E-state index in [9.17, 15) is 19.1 Å². The van der Waals surface area contributed by atoms with Crippen LogP contribution >= 0.6 is 0 Å². The molecule has 6 rings (SSSR count). The van der Waals surface area contributed by atoms with E-state index in [-0.39, 0.29) is 22.9 Å². The molecule has 4 aromatic heterocycles. The van der Waals surface area contributed by atoms with Gasteiger partial charge >= 0.3 is 5.97 Å². The minimum Gasteiger partial charge on any atom is -0.477 e. The first-order chi connectivity index (χ1) is 19.7. The third-order valence-corrected chi connectivity index (χ3v) is 7.51. The number of hydrogen-bond acceptors (Lipinski definition) is 8. The van der Waals surface area contributed by atoms with Gasteiger partial charge in [0.2, 0.25) is 5.43 Å². The molecule has 3 N–H and O–H groups in total. The zero-order valence-corrected chi connectivity index (χ0v) is 23.2. The molecule has 1 aliphatic rings. The number of likely N-dealkylation sites (N-methyl/N-ethyl adjacent to an activating group) is 1. The van der Waals surface area contributed by atoms with Gasteiger partial charge in [-0.15, -0.1) is 0 Å². The number of halogens is 1. The maximum atomic E-state index is 14.8. The van der Waals surface area contributed by atoms with Crippen LogP contribution in [-0.2, 0) is 11.8 Å². The smallest absolute Gasteiger partial charge is 0.341 e. The molecule has 0 spiro atoms. The van der Waals surface area contributed by atoms with Crippen molar-refractivity contribution in [3.05, 3.63) is 58.4 Å². The normalized spacial score (nSPS) is 15.9. The molecule has 0 saturated carbocycles.